The fourth-order valence-corrected chi connectivity index (χ4v) is 2.24. The molecule has 1 aromatic carbocycles. The van der Waals surface area contributed by atoms with E-state index in [4.69, 9.17) is 27.6 Å². The molecule has 100 valence electrons. The first-order chi connectivity index (χ1) is 9.16. The van der Waals surface area contributed by atoms with Crippen molar-refractivity contribution in [2.45, 2.75) is 12.8 Å². The van der Waals surface area contributed by atoms with Crippen LogP contribution in [-0.2, 0) is 17.6 Å². The highest BCUT2D eigenvalue weighted by atomic mass is 35.5. The Hall–Kier alpha value is -1.45. The third kappa shape index (κ3) is 4.01. The van der Waals surface area contributed by atoms with Crippen molar-refractivity contribution in [3.8, 4) is 0 Å². The molecule has 5 heteroatoms. The molecule has 0 aliphatic rings. The number of carbonyl (C=O) groups is 1. The van der Waals surface area contributed by atoms with E-state index in [1.165, 1.54) is 0 Å². The quantitative estimate of drug-likeness (QED) is 0.918. The lowest BCUT2D eigenvalue weighted by Crippen LogP contribution is -2.27. The maximum Gasteiger partial charge on any atom is 0.224 e. The van der Waals surface area contributed by atoms with Crippen LogP contribution in [0.15, 0.2) is 41.0 Å². The van der Waals surface area contributed by atoms with Gasteiger partial charge in [-0.2, -0.15) is 0 Å². The number of amides is 1. The van der Waals surface area contributed by atoms with Gasteiger partial charge in [-0.3, -0.25) is 4.79 Å². The van der Waals surface area contributed by atoms with Crippen LogP contribution in [0.25, 0.3) is 0 Å². The summed E-state index contributed by atoms with van der Waals surface area (Å²) in [6.07, 6.45) is 2.45. The third-order valence-corrected chi connectivity index (χ3v) is 3.38. The van der Waals surface area contributed by atoms with Gasteiger partial charge in [0.05, 0.1) is 12.7 Å². The second kappa shape index (κ2) is 6.64. The molecular weight excluding hydrogens is 285 g/mol. The summed E-state index contributed by atoms with van der Waals surface area (Å²) in [5, 5.41) is 3.82. The zero-order valence-electron chi connectivity index (χ0n) is 10.2. The molecule has 1 heterocycles. The van der Waals surface area contributed by atoms with Crippen LogP contribution in [0, 0.1) is 0 Å². The van der Waals surface area contributed by atoms with E-state index in [0.717, 1.165) is 5.76 Å². The number of furan rings is 1. The van der Waals surface area contributed by atoms with Crippen molar-refractivity contribution < 1.29 is 9.21 Å². The molecule has 0 saturated heterocycles. The Balaban J connectivity index is 1.84. The smallest absolute Gasteiger partial charge is 0.224 e. The Bertz CT molecular complexity index is 532. The van der Waals surface area contributed by atoms with E-state index in [1.54, 1.807) is 24.5 Å². The second-order valence-electron chi connectivity index (χ2n) is 4.06. The highest BCUT2D eigenvalue weighted by Gasteiger charge is 2.10. The fraction of sp³-hybridized carbons (Fsp3) is 0.214. The minimum atomic E-state index is -0.110. The molecule has 2 rings (SSSR count). The highest BCUT2D eigenvalue weighted by molar-refractivity contribution is 6.36. The van der Waals surface area contributed by atoms with Gasteiger partial charge in [-0.05, 0) is 29.8 Å². The summed E-state index contributed by atoms with van der Waals surface area (Å²) in [6, 6.07) is 8.89. The van der Waals surface area contributed by atoms with Crippen LogP contribution in [0.2, 0.25) is 10.0 Å². The number of carbonyl (C=O) groups excluding carboxylic acids is 1. The highest BCUT2D eigenvalue weighted by Crippen LogP contribution is 2.24. The van der Waals surface area contributed by atoms with Crippen molar-refractivity contribution in [1.82, 2.24) is 5.32 Å². The van der Waals surface area contributed by atoms with Gasteiger partial charge in [0.2, 0.25) is 5.91 Å². The van der Waals surface area contributed by atoms with Gasteiger partial charge in [0, 0.05) is 23.0 Å². The lowest BCUT2D eigenvalue weighted by Gasteiger charge is -2.07. The van der Waals surface area contributed by atoms with E-state index in [9.17, 15) is 4.79 Å². The van der Waals surface area contributed by atoms with Crippen molar-refractivity contribution in [2.75, 3.05) is 6.54 Å². The predicted octanol–water partition coefficient (Wildman–Crippen LogP) is 3.49. The van der Waals surface area contributed by atoms with E-state index in [2.05, 4.69) is 5.32 Å². The average Bonchev–Trinajstić information content (AvgIpc) is 2.87. The summed E-state index contributed by atoms with van der Waals surface area (Å²) >= 11 is 12.0. The maximum absolute atomic E-state index is 11.8. The largest absolute Gasteiger partial charge is 0.469 e. The van der Waals surface area contributed by atoms with Crippen molar-refractivity contribution in [3.63, 3.8) is 0 Å². The van der Waals surface area contributed by atoms with Crippen molar-refractivity contribution in [3.05, 3.63) is 58.0 Å². The fourth-order valence-electron chi connectivity index (χ4n) is 1.70. The molecule has 0 unspecified atom stereocenters. The van der Waals surface area contributed by atoms with Gasteiger partial charge >= 0.3 is 0 Å². The van der Waals surface area contributed by atoms with E-state index in [0.29, 0.717) is 28.6 Å². The number of benzene rings is 1. The molecule has 0 radical (unpaired) electrons. The van der Waals surface area contributed by atoms with Gasteiger partial charge in [0.25, 0.3) is 0 Å². The number of halogens is 2. The molecule has 19 heavy (non-hydrogen) atoms. The van der Waals surface area contributed by atoms with E-state index < -0.39 is 0 Å². The Morgan fingerprint density at radius 1 is 1.16 bits per heavy atom. The number of nitrogens with one attached hydrogen (secondary N) is 1. The Labute approximate surface area is 121 Å². The molecule has 2 aromatic rings. The van der Waals surface area contributed by atoms with Crippen LogP contribution in [-0.4, -0.2) is 12.5 Å². The zero-order valence-corrected chi connectivity index (χ0v) is 11.7. The summed E-state index contributed by atoms with van der Waals surface area (Å²) < 4.78 is 5.18. The van der Waals surface area contributed by atoms with E-state index in [-0.39, 0.29) is 12.3 Å². The van der Waals surface area contributed by atoms with Gasteiger partial charge in [0.15, 0.2) is 0 Å². The van der Waals surface area contributed by atoms with Crippen molar-refractivity contribution in [2.24, 2.45) is 0 Å². The first-order valence-electron chi connectivity index (χ1n) is 5.89. The summed E-state index contributed by atoms with van der Waals surface area (Å²) in [4.78, 5) is 11.8. The van der Waals surface area contributed by atoms with E-state index >= 15 is 0 Å². The maximum atomic E-state index is 11.8. The summed E-state index contributed by atoms with van der Waals surface area (Å²) in [5.41, 5.74) is 0.654. The van der Waals surface area contributed by atoms with Crippen LogP contribution in [0.3, 0.4) is 0 Å². The topological polar surface area (TPSA) is 42.2 Å². The molecule has 0 atom stereocenters. The van der Waals surface area contributed by atoms with Crippen LogP contribution >= 0.6 is 23.2 Å². The van der Waals surface area contributed by atoms with Crippen molar-refractivity contribution in [1.29, 1.82) is 0 Å². The van der Waals surface area contributed by atoms with Crippen LogP contribution in [0.4, 0.5) is 0 Å². The molecule has 1 amide bonds. The van der Waals surface area contributed by atoms with Crippen LogP contribution in [0.1, 0.15) is 11.3 Å². The molecule has 0 bridgehead atoms. The summed E-state index contributed by atoms with van der Waals surface area (Å²) in [7, 11) is 0. The lowest BCUT2D eigenvalue weighted by molar-refractivity contribution is -0.120. The number of rotatable bonds is 5. The molecule has 3 nitrogen and oxygen atoms in total. The van der Waals surface area contributed by atoms with Crippen molar-refractivity contribution >= 4 is 29.1 Å². The lowest BCUT2D eigenvalue weighted by atomic mass is 10.1. The first-order valence-corrected chi connectivity index (χ1v) is 6.64. The number of hydrogen-bond acceptors (Lipinski definition) is 2. The van der Waals surface area contributed by atoms with Crippen LogP contribution < -0.4 is 5.32 Å². The normalized spacial score (nSPS) is 10.4. The molecule has 0 spiro atoms. The van der Waals surface area contributed by atoms with Crippen LogP contribution in [0.5, 0.6) is 0 Å². The van der Waals surface area contributed by atoms with Gasteiger partial charge in [-0.1, -0.05) is 29.3 Å². The molecule has 0 fully saturated rings. The zero-order chi connectivity index (χ0) is 13.7. The van der Waals surface area contributed by atoms with Gasteiger partial charge < -0.3 is 9.73 Å². The third-order valence-electron chi connectivity index (χ3n) is 2.67. The average molecular weight is 298 g/mol. The van der Waals surface area contributed by atoms with Gasteiger partial charge in [0.1, 0.15) is 5.76 Å². The standard InChI is InChI=1S/C14H13Cl2NO2/c15-12-4-1-5-13(16)11(12)9-14(18)17-7-6-10-3-2-8-19-10/h1-5,8H,6-7,9H2,(H,17,18). The van der Waals surface area contributed by atoms with Gasteiger partial charge in [-0.15, -0.1) is 0 Å². The monoisotopic (exact) mass is 297 g/mol. The number of hydrogen-bond donors (Lipinski definition) is 1. The molecule has 0 saturated carbocycles. The van der Waals surface area contributed by atoms with Gasteiger partial charge in [-0.25, -0.2) is 0 Å². The minimum Gasteiger partial charge on any atom is -0.469 e. The molecule has 0 aliphatic carbocycles. The molecule has 1 aromatic heterocycles. The minimum absolute atomic E-state index is 0.110. The SMILES string of the molecule is O=C(Cc1c(Cl)cccc1Cl)NCCc1ccco1. The Kier molecular flexibility index (Phi) is 4.88. The summed E-state index contributed by atoms with van der Waals surface area (Å²) in [5.74, 6) is 0.734. The second-order valence-corrected chi connectivity index (χ2v) is 4.87. The Morgan fingerprint density at radius 3 is 2.53 bits per heavy atom. The van der Waals surface area contributed by atoms with E-state index in [1.807, 2.05) is 12.1 Å². The Morgan fingerprint density at radius 2 is 1.89 bits per heavy atom. The first kappa shape index (κ1) is 14.0. The molecular formula is C14H13Cl2NO2. The summed E-state index contributed by atoms with van der Waals surface area (Å²) in [6.45, 7) is 0.522. The molecule has 1 N–H and O–H groups in total. The molecule has 0 aliphatic heterocycles. The predicted molar refractivity (Wildman–Crippen MR) is 75.6 cm³/mol.